The van der Waals surface area contributed by atoms with E-state index in [1.165, 1.54) is 0 Å². The zero-order valence-electron chi connectivity index (χ0n) is 18.3. The highest BCUT2D eigenvalue weighted by Gasteiger charge is 2.31. The van der Waals surface area contributed by atoms with Gasteiger partial charge in [-0.05, 0) is 11.3 Å². The predicted octanol–water partition coefficient (Wildman–Crippen LogP) is 4.94. The maximum Gasteiger partial charge on any atom is 0.156 e. The molecule has 1 unspecified atom stereocenters. The van der Waals surface area contributed by atoms with Gasteiger partial charge in [0.25, 0.3) is 0 Å². The second-order valence-corrected chi connectivity index (χ2v) is 6.93. The van der Waals surface area contributed by atoms with Crippen molar-refractivity contribution in [3.05, 3.63) is 18.2 Å². The Balaban J connectivity index is 0.00000146. The third kappa shape index (κ3) is 8.00. The van der Waals surface area contributed by atoms with Gasteiger partial charge in [0, 0.05) is 40.1 Å². The van der Waals surface area contributed by atoms with Crippen LogP contribution >= 0.6 is 0 Å². The zero-order chi connectivity index (χ0) is 20.2. The summed E-state index contributed by atoms with van der Waals surface area (Å²) in [5.41, 5.74) is 0.0953. The Hall–Kier alpha value is -1.20. The molecule has 1 fully saturated rings. The number of hydrogen-bond acceptors (Lipinski definition) is 5. The molecule has 1 aromatic heterocycles. The molecule has 0 saturated heterocycles. The molecule has 2 rings (SSSR count). The molecule has 0 bridgehead atoms. The van der Waals surface area contributed by atoms with E-state index in [0.29, 0.717) is 12.0 Å². The fourth-order valence-electron chi connectivity index (χ4n) is 2.55. The van der Waals surface area contributed by atoms with Gasteiger partial charge >= 0.3 is 0 Å². The summed E-state index contributed by atoms with van der Waals surface area (Å²) in [5, 5.41) is 0. The Kier molecular flexibility index (Phi) is 12.4. The van der Waals surface area contributed by atoms with Crippen molar-refractivity contribution in [2.45, 2.75) is 79.9 Å². The smallest absolute Gasteiger partial charge is 0.156 e. The Morgan fingerprint density at radius 3 is 2.04 bits per heavy atom. The van der Waals surface area contributed by atoms with Gasteiger partial charge in [-0.15, -0.1) is 0 Å². The summed E-state index contributed by atoms with van der Waals surface area (Å²) >= 11 is 0. The molecule has 0 N–H and O–H groups in total. The fourth-order valence-corrected chi connectivity index (χ4v) is 2.55. The third-order valence-electron chi connectivity index (χ3n) is 4.73. The van der Waals surface area contributed by atoms with Crippen molar-refractivity contribution in [3.8, 4) is 5.75 Å². The highest BCUT2D eigenvalue weighted by Crippen LogP contribution is 2.31. The van der Waals surface area contributed by atoms with E-state index in [-0.39, 0.29) is 11.5 Å². The highest BCUT2D eigenvalue weighted by atomic mass is 16.5. The zero-order valence-corrected chi connectivity index (χ0v) is 18.3. The van der Waals surface area contributed by atoms with E-state index in [2.05, 4.69) is 30.7 Å². The fraction of sp³-hybridized carbons (Fsp3) is 0.810. The van der Waals surface area contributed by atoms with Crippen molar-refractivity contribution in [2.24, 2.45) is 11.3 Å². The monoisotopic (exact) mass is 368 g/mol. The van der Waals surface area contributed by atoms with Crippen molar-refractivity contribution >= 4 is 0 Å². The molecule has 1 heterocycles. The Bertz CT molecular complexity index is 457. The molecule has 0 aromatic carbocycles. The van der Waals surface area contributed by atoms with Gasteiger partial charge in [-0.25, -0.2) is 9.97 Å². The molecule has 0 spiro atoms. The number of ether oxygens (including phenoxy) is 3. The number of nitrogens with zero attached hydrogens (tertiary/aromatic N) is 2. The van der Waals surface area contributed by atoms with E-state index in [1.807, 2.05) is 27.7 Å². The first-order chi connectivity index (χ1) is 12.4. The summed E-state index contributed by atoms with van der Waals surface area (Å²) in [6.45, 7) is 15.4. The van der Waals surface area contributed by atoms with Gasteiger partial charge < -0.3 is 14.2 Å². The van der Waals surface area contributed by atoms with Crippen LogP contribution in [0.2, 0.25) is 0 Å². The average Bonchev–Trinajstić information content (AvgIpc) is 2.62. The van der Waals surface area contributed by atoms with Crippen LogP contribution in [-0.2, 0) is 15.9 Å². The first-order valence-electron chi connectivity index (χ1n) is 9.94. The molecule has 0 aliphatic heterocycles. The van der Waals surface area contributed by atoms with E-state index < -0.39 is 0 Å². The summed E-state index contributed by atoms with van der Waals surface area (Å²) in [7, 11) is 3.48. The summed E-state index contributed by atoms with van der Waals surface area (Å²) in [6.07, 6.45) is 6.84. The molecule has 0 amide bonds. The standard InChI is InChI=1S/C17H28N2O3.2C2H6/c1-12(11-20-4)17(2,3)8-16-18-9-15(10-19-16)22-14-6-13(7-14)21-5;2*1-2/h9-10,12-14H,6-8,11H2,1-5H3;2*1-2H3. The lowest BCUT2D eigenvalue weighted by atomic mass is 9.77. The number of methoxy groups -OCH3 is 2. The minimum Gasteiger partial charge on any atom is -0.487 e. The minimum atomic E-state index is 0.0953. The van der Waals surface area contributed by atoms with Crippen LogP contribution in [0.1, 0.15) is 67.1 Å². The Morgan fingerprint density at radius 2 is 1.58 bits per heavy atom. The first kappa shape index (κ1) is 24.8. The maximum atomic E-state index is 5.83. The van der Waals surface area contributed by atoms with Crippen molar-refractivity contribution in [2.75, 3.05) is 20.8 Å². The van der Waals surface area contributed by atoms with Crippen molar-refractivity contribution in [3.63, 3.8) is 0 Å². The quantitative estimate of drug-likeness (QED) is 0.651. The van der Waals surface area contributed by atoms with Crippen molar-refractivity contribution < 1.29 is 14.2 Å². The second-order valence-electron chi connectivity index (χ2n) is 6.93. The van der Waals surface area contributed by atoms with Gasteiger partial charge in [0.1, 0.15) is 11.9 Å². The largest absolute Gasteiger partial charge is 0.487 e. The SMILES string of the molecule is CC.CC.COCC(C)C(C)(C)Cc1ncc(OC2CC(OC)C2)cn1. The number of rotatable bonds is 8. The van der Waals surface area contributed by atoms with E-state index in [4.69, 9.17) is 14.2 Å². The van der Waals surface area contributed by atoms with Gasteiger partial charge in [0.15, 0.2) is 5.75 Å². The van der Waals surface area contributed by atoms with Gasteiger partial charge in [-0.2, -0.15) is 0 Å². The van der Waals surface area contributed by atoms with Crippen LogP contribution in [-0.4, -0.2) is 43.0 Å². The normalized spacial score (nSPS) is 19.9. The maximum absolute atomic E-state index is 5.83. The number of aromatic nitrogens is 2. The Morgan fingerprint density at radius 1 is 1.04 bits per heavy atom. The third-order valence-corrected chi connectivity index (χ3v) is 4.73. The van der Waals surface area contributed by atoms with Crippen LogP contribution in [0.15, 0.2) is 12.4 Å². The van der Waals surface area contributed by atoms with Crippen LogP contribution < -0.4 is 4.74 Å². The van der Waals surface area contributed by atoms with E-state index in [0.717, 1.165) is 37.4 Å². The van der Waals surface area contributed by atoms with Crippen LogP contribution in [0.3, 0.4) is 0 Å². The molecule has 26 heavy (non-hydrogen) atoms. The summed E-state index contributed by atoms with van der Waals surface area (Å²) in [5.74, 6) is 2.03. The first-order valence-corrected chi connectivity index (χ1v) is 9.94. The van der Waals surface area contributed by atoms with Crippen LogP contribution in [0.25, 0.3) is 0 Å². The van der Waals surface area contributed by atoms with Gasteiger partial charge in [0.05, 0.1) is 18.5 Å². The molecule has 1 atom stereocenters. The van der Waals surface area contributed by atoms with Crippen LogP contribution in [0, 0.1) is 11.3 Å². The molecule has 1 aliphatic carbocycles. The lowest BCUT2D eigenvalue weighted by Gasteiger charge is -2.34. The Labute approximate surface area is 160 Å². The molecule has 1 saturated carbocycles. The van der Waals surface area contributed by atoms with Crippen LogP contribution in [0.5, 0.6) is 5.75 Å². The van der Waals surface area contributed by atoms with E-state index in [9.17, 15) is 0 Å². The predicted molar refractivity (Wildman–Crippen MR) is 108 cm³/mol. The molecule has 152 valence electrons. The molecule has 5 heteroatoms. The van der Waals surface area contributed by atoms with Crippen molar-refractivity contribution in [1.29, 1.82) is 0 Å². The average molecular weight is 369 g/mol. The van der Waals surface area contributed by atoms with E-state index >= 15 is 0 Å². The van der Waals surface area contributed by atoms with Gasteiger partial charge in [-0.1, -0.05) is 48.5 Å². The lowest BCUT2D eigenvalue weighted by molar-refractivity contribution is -0.0383. The lowest BCUT2D eigenvalue weighted by Crippen LogP contribution is -2.38. The topological polar surface area (TPSA) is 53.5 Å². The van der Waals surface area contributed by atoms with E-state index in [1.54, 1.807) is 26.6 Å². The molecule has 5 nitrogen and oxygen atoms in total. The molecule has 1 aromatic rings. The summed E-state index contributed by atoms with van der Waals surface area (Å²) < 4.78 is 16.3. The summed E-state index contributed by atoms with van der Waals surface area (Å²) in [6, 6.07) is 0. The number of hydrogen-bond donors (Lipinski definition) is 0. The van der Waals surface area contributed by atoms with Crippen molar-refractivity contribution in [1.82, 2.24) is 9.97 Å². The molecule has 1 aliphatic rings. The van der Waals surface area contributed by atoms with Crippen LogP contribution in [0.4, 0.5) is 0 Å². The molecular formula is C21H40N2O3. The highest BCUT2D eigenvalue weighted by molar-refractivity contribution is 5.14. The van der Waals surface area contributed by atoms with Gasteiger partial charge in [-0.3, -0.25) is 0 Å². The van der Waals surface area contributed by atoms with Gasteiger partial charge in [0.2, 0.25) is 0 Å². The second kappa shape index (κ2) is 13.0. The molecular weight excluding hydrogens is 328 g/mol. The summed E-state index contributed by atoms with van der Waals surface area (Å²) in [4.78, 5) is 8.90. The molecule has 0 radical (unpaired) electrons. The minimum absolute atomic E-state index is 0.0953.